The zero-order chi connectivity index (χ0) is 59.3. The predicted molar refractivity (Wildman–Crippen MR) is 296 cm³/mol. The lowest BCUT2D eigenvalue weighted by molar-refractivity contribution is -0.277. The Morgan fingerprint density at radius 3 is 1.66 bits per heavy atom. The normalized spacial score (nSPS) is 25.8. The molecule has 9 rings (SSSR count). The minimum Gasteiger partial charge on any atom is -0.461 e. The van der Waals surface area contributed by atoms with Crippen LogP contribution in [0.25, 0.3) is 32.0 Å². The first-order valence-electron chi connectivity index (χ1n) is 26.3. The number of hydrogen-bond acceptors (Lipinski definition) is 21. The molecule has 0 aliphatic carbocycles. The number of fused-ring (bicyclic) bond motifs is 6. The highest BCUT2D eigenvalue weighted by atomic mass is 35.5. The van der Waals surface area contributed by atoms with Crippen LogP contribution in [0.4, 0.5) is 11.4 Å². The third kappa shape index (κ3) is 13.0. The van der Waals surface area contributed by atoms with E-state index >= 15 is 0 Å². The van der Waals surface area contributed by atoms with E-state index in [0.29, 0.717) is 27.4 Å². The molecule has 26 nitrogen and oxygen atoms in total. The molecule has 83 heavy (non-hydrogen) atoms. The van der Waals surface area contributed by atoms with Crippen molar-refractivity contribution in [3.05, 3.63) is 106 Å². The summed E-state index contributed by atoms with van der Waals surface area (Å²) in [5.41, 5.74) is 10.4. The van der Waals surface area contributed by atoms with E-state index in [1.165, 1.54) is 21.9 Å². The molecule has 0 radical (unpaired) electrons. The second-order valence-corrected chi connectivity index (χ2v) is 21.7. The SMILES string of the molecule is [N-]=[N+]=NCCOCCNC(=O)c1ccc(O[C@@H]2O[C@H](CO)[C@H](O)[C@H](O)[C@H]2O)c(OS(=O)(=O)Oc2cc3c(c4ccccc24)[C@H](CCl)CN3C(=O)CCCC(=O)N2C[C@@H](CCl)c3c2cc(O[C@@H]2O[C@H](CO)[C@H](O)[C@H](O)[C@H]2O)c2ccccc32)c1. The van der Waals surface area contributed by atoms with Gasteiger partial charge in [0, 0.05) is 96.0 Å². The second-order valence-electron chi connectivity index (χ2n) is 20.0. The highest BCUT2D eigenvalue weighted by Crippen LogP contribution is 2.48. The van der Waals surface area contributed by atoms with Gasteiger partial charge < -0.3 is 88.0 Å². The summed E-state index contributed by atoms with van der Waals surface area (Å²) in [7, 11) is -5.26. The average molecular weight is 1220 g/mol. The molecule has 12 atom stereocenters. The van der Waals surface area contributed by atoms with E-state index in [-0.39, 0.29) is 110 Å². The maximum Gasteiger partial charge on any atom is 0.501 e. The summed E-state index contributed by atoms with van der Waals surface area (Å²) in [5.74, 6) is -3.34. The minimum absolute atomic E-state index is 0.0160. The van der Waals surface area contributed by atoms with Crippen LogP contribution in [0.3, 0.4) is 0 Å². The van der Waals surface area contributed by atoms with Gasteiger partial charge in [-0.25, -0.2) is 0 Å². The smallest absolute Gasteiger partial charge is 0.461 e. The van der Waals surface area contributed by atoms with Crippen LogP contribution in [0, 0.1) is 0 Å². The van der Waals surface area contributed by atoms with E-state index in [0.717, 1.165) is 17.7 Å². The summed E-state index contributed by atoms with van der Waals surface area (Å²) >= 11 is 13.1. The van der Waals surface area contributed by atoms with Gasteiger partial charge >= 0.3 is 10.4 Å². The molecule has 0 saturated carbocycles. The zero-order valence-electron chi connectivity index (χ0n) is 44.0. The summed E-state index contributed by atoms with van der Waals surface area (Å²) in [6.45, 7) is -1.09. The quantitative estimate of drug-likeness (QED) is 0.0149. The summed E-state index contributed by atoms with van der Waals surface area (Å²) in [5, 5.41) is 90.8. The van der Waals surface area contributed by atoms with Gasteiger partial charge in [-0.2, -0.15) is 0 Å². The number of carbonyl (C=O) groups is 3. The van der Waals surface area contributed by atoms with Crippen molar-refractivity contribution in [1.29, 1.82) is 0 Å². The number of amides is 3. The molecular formula is C54H60Cl2N6O20S. The van der Waals surface area contributed by atoms with Crippen LogP contribution in [0.1, 0.15) is 52.6 Å². The molecule has 0 unspecified atom stereocenters. The molecule has 0 bridgehead atoms. The molecule has 2 saturated heterocycles. The number of nitrogens with one attached hydrogen (secondary N) is 1. The number of aliphatic hydroxyl groups is 8. The fraction of sp³-hybridized carbons (Fsp3) is 0.463. The van der Waals surface area contributed by atoms with Crippen LogP contribution in [0.2, 0.25) is 0 Å². The number of hydrogen-bond donors (Lipinski definition) is 9. The van der Waals surface area contributed by atoms with Crippen LogP contribution in [0.5, 0.6) is 23.0 Å². The molecule has 3 amide bonds. The topological polar surface area (TPSA) is 379 Å². The molecule has 4 aliphatic heterocycles. The highest BCUT2D eigenvalue weighted by molar-refractivity contribution is 7.82. The van der Waals surface area contributed by atoms with Gasteiger partial charge in [-0.05, 0) is 52.1 Å². The first-order valence-corrected chi connectivity index (χ1v) is 28.8. The molecule has 4 aliphatic rings. The van der Waals surface area contributed by atoms with Crippen LogP contribution in [-0.4, -0.2) is 193 Å². The number of halogens is 2. The first-order chi connectivity index (χ1) is 39.9. The Bertz CT molecular complexity index is 3360. The van der Waals surface area contributed by atoms with Crippen molar-refractivity contribution in [2.75, 3.05) is 74.2 Å². The van der Waals surface area contributed by atoms with Crippen molar-refractivity contribution < 1.29 is 95.7 Å². The number of aliphatic hydroxyl groups excluding tert-OH is 8. The number of benzene rings is 5. The van der Waals surface area contributed by atoms with Gasteiger partial charge in [0.2, 0.25) is 24.4 Å². The summed E-state index contributed by atoms with van der Waals surface area (Å²) in [6, 6.07) is 20.0. The Labute approximate surface area is 484 Å². The van der Waals surface area contributed by atoms with Crippen LogP contribution in [-0.2, 0) is 34.2 Å². The Hall–Kier alpha value is -6.37. The van der Waals surface area contributed by atoms with Crippen molar-refractivity contribution in [1.82, 2.24) is 5.32 Å². The molecule has 4 heterocycles. The predicted octanol–water partition coefficient (Wildman–Crippen LogP) is 2.32. The van der Waals surface area contributed by atoms with Crippen LogP contribution >= 0.6 is 23.2 Å². The molecule has 5 aromatic rings. The largest absolute Gasteiger partial charge is 0.501 e. The maximum atomic E-state index is 14.4. The number of nitrogens with zero attached hydrogens (tertiary/aromatic N) is 5. The van der Waals surface area contributed by atoms with Crippen molar-refractivity contribution >= 4 is 84.2 Å². The molecule has 5 aromatic carbocycles. The lowest BCUT2D eigenvalue weighted by atomic mass is 9.95. The Morgan fingerprint density at radius 2 is 1.14 bits per heavy atom. The number of ether oxygens (including phenoxy) is 5. The number of anilines is 2. The van der Waals surface area contributed by atoms with E-state index in [2.05, 4.69) is 15.3 Å². The molecule has 2 fully saturated rings. The number of alkyl halides is 2. The Kier molecular flexibility index (Phi) is 19.7. The van der Waals surface area contributed by atoms with Crippen LogP contribution in [0.15, 0.2) is 84.0 Å². The van der Waals surface area contributed by atoms with Gasteiger partial charge in [-0.3, -0.25) is 14.4 Å². The highest BCUT2D eigenvalue weighted by Gasteiger charge is 2.47. The van der Waals surface area contributed by atoms with E-state index in [9.17, 15) is 63.7 Å². The molecular weight excluding hydrogens is 1160 g/mol. The number of carbonyl (C=O) groups excluding carboxylic acids is 3. The molecule has 29 heteroatoms. The van der Waals surface area contributed by atoms with E-state index in [1.807, 2.05) is 6.07 Å². The number of rotatable bonds is 23. The zero-order valence-corrected chi connectivity index (χ0v) is 46.3. The van der Waals surface area contributed by atoms with Gasteiger partial charge in [-0.15, -0.1) is 31.6 Å². The monoisotopic (exact) mass is 1210 g/mol. The third-order valence-electron chi connectivity index (χ3n) is 14.7. The lowest BCUT2D eigenvalue weighted by Crippen LogP contribution is -2.60. The first kappa shape index (κ1) is 61.2. The summed E-state index contributed by atoms with van der Waals surface area (Å²) in [6.07, 6.45) is -16.8. The average Bonchev–Trinajstić information content (AvgIpc) is 2.65. The van der Waals surface area contributed by atoms with Crippen molar-refractivity contribution in [2.45, 2.75) is 92.5 Å². The molecule has 0 spiro atoms. The third-order valence-corrected chi connectivity index (χ3v) is 16.2. The van der Waals surface area contributed by atoms with Crippen molar-refractivity contribution in [2.24, 2.45) is 5.11 Å². The standard InChI is InChI=1S/C54H60Cl2N6O20S/c55-21-28-23-61(34-19-37(30-6-1-3-8-32(30)44(28)34)78-54-51(72)49(70)47(68)41(26-64)80-54)42(65)10-5-11-43(66)62-24-29(22-56)45-33-9-4-2-7-31(33)38(20-35(45)62)81-83(74,75)82-39-18-27(52(73)58-14-16-76-17-15-59-60-57)12-13-36(39)77-53-50(71)48(69)46(67)40(25-63)79-53/h1-4,6-9,12-13,18-20,28-29,40-41,46-51,53-54,63-64,67-72H,5,10-11,14-17,21-26H2,(H,58,73)/t28-,29-,40-,41-,46+,47+,48+,49+,50-,51-,53-,54-/m1/s1. The van der Waals surface area contributed by atoms with E-state index in [4.69, 9.17) is 60.8 Å². The molecule has 9 N–H and O–H groups in total. The molecule has 446 valence electrons. The molecule has 0 aromatic heterocycles. The number of azide groups is 1. The second kappa shape index (κ2) is 26.7. The maximum absolute atomic E-state index is 14.4. The van der Waals surface area contributed by atoms with Crippen LogP contribution < -0.4 is 33.0 Å². The summed E-state index contributed by atoms with van der Waals surface area (Å²) in [4.78, 5) is 47.6. The van der Waals surface area contributed by atoms with Gasteiger partial charge in [0.15, 0.2) is 17.2 Å². The lowest BCUT2D eigenvalue weighted by Gasteiger charge is -2.39. The minimum atomic E-state index is -5.26. The Balaban J connectivity index is 0.939. The Morgan fingerprint density at radius 1 is 0.651 bits per heavy atom. The van der Waals surface area contributed by atoms with Gasteiger partial charge in [0.1, 0.15) is 54.6 Å². The fourth-order valence-electron chi connectivity index (χ4n) is 10.6. The van der Waals surface area contributed by atoms with E-state index in [1.54, 1.807) is 48.5 Å². The van der Waals surface area contributed by atoms with Crippen molar-refractivity contribution in [3.63, 3.8) is 0 Å². The van der Waals surface area contributed by atoms with Gasteiger partial charge in [-0.1, -0.05) is 53.6 Å². The van der Waals surface area contributed by atoms with Gasteiger partial charge in [0.05, 0.1) is 37.8 Å². The van der Waals surface area contributed by atoms with Crippen molar-refractivity contribution in [3.8, 4) is 23.0 Å². The van der Waals surface area contributed by atoms with E-state index < -0.39 is 114 Å². The van der Waals surface area contributed by atoms with Gasteiger partial charge in [0.25, 0.3) is 5.91 Å². The fourth-order valence-corrected chi connectivity index (χ4v) is 11.8. The summed E-state index contributed by atoms with van der Waals surface area (Å²) < 4.78 is 67.9.